The van der Waals surface area contributed by atoms with Crippen LogP contribution in [0.1, 0.15) is 47.8 Å². The molecule has 5 rings (SSSR count). The average Bonchev–Trinajstić information content (AvgIpc) is 3.42. The summed E-state index contributed by atoms with van der Waals surface area (Å²) in [6, 6.07) is 22.7. The number of aromatic amines is 2. The lowest BCUT2D eigenvalue weighted by Crippen LogP contribution is -2.25. The molecule has 0 aliphatic heterocycles. The quantitative estimate of drug-likeness (QED) is 0.196. The van der Waals surface area contributed by atoms with Crippen LogP contribution in [0.3, 0.4) is 0 Å². The number of aromatic nitrogens is 4. The van der Waals surface area contributed by atoms with Crippen molar-refractivity contribution in [2.75, 3.05) is 13.2 Å². The number of hydrogen-bond donors (Lipinski definition) is 2. The van der Waals surface area contributed by atoms with Gasteiger partial charge in [0.25, 0.3) is 11.1 Å². The lowest BCUT2D eigenvalue weighted by Gasteiger charge is -2.20. The first-order chi connectivity index (χ1) is 19.3. The normalized spacial score (nSPS) is 11.2. The summed E-state index contributed by atoms with van der Waals surface area (Å²) in [6.45, 7) is 8.49. The largest absolute Gasteiger partial charge is 0.490 e. The van der Waals surface area contributed by atoms with E-state index in [9.17, 15) is 9.59 Å². The van der Waals surface area contributed by atoms with Crippen LogP contribution in [0, 0.1) is 17.4 Å². The highest BCUT2D eigenvalue weighted by Gasteiger charge is 2.32. The number of para-hydroxylation sites is 2. The molecule has 2 heterocycles. The molecule has 0 atom stereocenters. The fourth-order valence-corrected chi connectivity index (χ4v) is 5.88. The van der Waals surface area contributed by atoms with Gasteiger partial charge in [0.2, 0.25) is 0 Å². The van der Waals surface area contributed by atoms with Crippen molar-refractivity contribution in [1.82, 2.24) is 19.6 Å². The summed E-state index contributed by atoms with van der Waals surface area (Å²) in [7, 11) is 0. The number of H-pyrrole nitrogens is 2. The fraction of sp³-hybridized carbons (Fsp3) is 0.226. The first kappa shape index (κ1) is 27.6. The maximum absolute atomic E-state index is 14.1. The molecule has 9 heteroatoms. The molecule has 0 aliphatic rings. The van der Waals surface area contributed by atoms with Crippen molar-refractivity contribution in [2.24, 2.45) is 0 Å². The Labute approximate surface area is 245 Å². The Hall–Kier alpha value is -3.99. The van der Waals surface area contributed by atoms with Gasteiger partial charge in [-0.15, -0.1) is 0 Å². The first-order valence-electron chi connectivity index (χ1n) is 13.2. The standard InChI is InChI=1S/C31H31IN4O4/c1-5-39-25-18-21(17-24(32)29(25)40-6-2)28(26-19(3)33-35(30(26)37)22-13-9-7-10-14-22)27-20(4)34-36(31(27)38)23-15-11-8-12-16-23/h7-18,28,33-34H,5-6H2,1-4H3. The molecule has 3 aromatic carbocycles. The minimum Gasteiger partial charge on any atom is -0.490 e. The van der Waals surface area contributed by atoms with Gasteiger partial charge in [-0.3, -0.25) is 19.8 Å². The Morgan fingerprint density at radius 1 is 0.750 bits per heavy atom. The lowest BCUT2D eigenvalue weighted by atomic mass is 9.85. The highest BCUT2D eigenvalue weighted by Crippen LogP contribution is 2.40. The van der Waals surface area contributed by atoms with Crippen LogP contribution >= 0.6 is 22.6 Å². The van der Waals surface area contributed by atoms with Gasteiger partial charge in [0.1, 0.15) is 0 Å². The molecule has 0 fully saturated rings. The second-order valence-corrected chi connectivity index (χ2v) is 10.5. The molecule has 2 aromatic heterocycles. The number of benzene rings is 3. The summed E-state index contributed by atoms with van der Waals surface area (Å²) >= 11 is 2.22. The van der Waals surface area contributed by atoms with Gasteiger partial charge in [0.05, 0.1) is 39.3 Å². The molecule has 206 valence electrons. The maximum Gasteiger partial charge on any atom is 0.275 e. The maximum atomic E-state index is 14.1. The number of nitrogens with zero attached hydrogens (tertiary/aromatic N) is 2. The van der Waals surface area contributed by atoms with Gasteiger partial charge in [-0.25, -0.2) is 9.36 Å². The highest BCUT2D eigenvalue weighted by atomic mass is 127. The van der Waals surface area contributed by atoms with Crippen LogP contribution in [-0.2, 0) is 0 Å². The van der Waals surface area contributed by atoms with Crippen LogP contribution in [0.2, 0.25) is 0 Å². The smallest absolute Gasteiger partial charge is 0.275 e. The summed E-state index contributed by atoms with van der Waals surface area (Å²) in [5.74, 6) is 0.544. The van der Waals surface area contributed by atoms with E-state index >= 15 is 0 Å². The fourth-order valence-electron chi connectivity index (χ4n) is 5.10. The summed E-state index contributed by atoms with van der Waals surface area (Å²) in [4.78, 5) is 28.2. The van der Waals surface area contributed by atoms with Crippen molar-refractivity contribution in [3.8, 4) is 22.9 Å². The van der Waals surface area contributed by atoms with Gasteiger partial charge in [0.15, 0.2) is 11.5 Å². The van der Waals surface area contributed by atoms with E-state index in [2.05, 4.69) is 32.8 Å². The molecule has 0 saturated carbocycles. The number of halogens is 1. The van der Waals surface area contributed by atoms with E-state index in [1.54, 1.807) is 0 Å². The van der Waals surface area contributed by atoms with E-state index in [-0.39, 0.29) is 11.1 Å². The average molecular weight is 651 g/mol. The molecule has 0 amide bonds. The predicted molar refractivity (Wildman–Crippen MR) is 165 cm³/mol. The lowest BCUT2D eigenvalue weighted by molar-refractivity contribution is 0.285. The molecule has 40 heavy (non-hydrogen) atoms. The zero-order valence-electron chi connectivity index (χ0n) is 22.8. The second kappa shape index (κ2) is 11.6. The van der Waals surface area contributed by atoms with E-state index in [1.165, 1.54) is 9.36 Å². The van der Waals surface area contributed by atoms with Crippen molar-refractivity contribution in [3.05, 3.63) is 125 Å². The monoisotopic (exact) mass is 650 g/mol. The van der Waals surface area contributed by atoms with Crippen molar-refractivity contribution < 1.29 is 9.47 Å². The van der Waals surface area contributed by atoms with Crippen LogP contribution in [0.15, 0.2) is 82.4 Å². The van der Waals surface area contributed by atoms with Crippen LogP contribution < -0.4 is 20.6 Å². The molecule has 0 aliphatic carbocycles. The minimum absolute atomic E-state index is 0.221. The van der Waals surface area contributed by atoms with Gasteiger partial charge < -0.3 is 9.47 Å². The van der Waals surface area contributed by atoms with E-state index < -0.39 is 5.92 Å². The molecule has 0 radical (unpaired) electrons. The van der Waals surface area contributed by atoms with Gasteiger partial charge in [0, 0.05) is 17.3 Å². The molecule has 0 saturated heterocycles. The van der Waals surface area contributed by atoms with E-state index in [0.717, 1.165) is 9.13 Å². The Morgan fingerprint density at radius 3 is 1.68 bits per heavy atom. The topological polar surface area (TPSA) is 94.0 Å². The van der Waals surface area contributed by atoms with Gasteiger partial charge in [-0.2, -0.15) is 0 Å². The Bertz CT molecular complexity index is 1650. The zero-order chi connectivity index (χ0) is 28.4. The second-order valence-electron chi connectivity index (χ2n) is 9.38. The number of aryl methyl sites for hydroxylation is 2. The summed E-state index contributed by atoms with van der Waals surface area (Å²) in [5, 5.41) is 6.48. The SMILES string of the molecule is CCOc1cc(C(c2c(C)[nH]n(-c3ccccc3)c2=O)c2c(C)[nH]n(-c3ccccc3)c2=O)cc(I)c1OCC. The third-order valence-corrected chi connectivity index (χ3v) is 7.60. The van der Waals surface area contributed by atoms with E-state index in [4.69, 9.17) is 9.47 Å². The van der Waals surface area contributed by atoms with E-state index in [0.29, 0.717) is 58.6 Å². The molecule has 2 N–H and O–H groups in total. The van der Waals surface area contributed by atoms with E-state index in [1.807, 2.05) is 100 Å². The van der Waals surface area contributed by atoms with Crippen molar-refractivity contribution in [2.45, 2.75) is 33.6 Å². The predicted octanol–water partition coefficient (Wildman–Crippen LogP) is 5.84. The number of hydrogen-bond acceptors (Lipinski definition) is 4. The summed E-state index contributed by atoms with van der Waals surface area (Å²) in [5.41, 5.74) is 4.07. The molecule has 0 spiro atoms. The van der Waals surface area contributed by atoms with Crippen LogP contribution in [0.5, 0.6) is 11.5 Å². The molecule has 8 nitrogen and oxygen atoms in total. The van der Waals surface area contributed by atoms with Crippen LogP contribution in [-0.4, -0.2) is 32.8 Å². The third kappa shape index (κ3) is 5.01. The van der Waals surface area contributed by atoms with Crippen molar-refractivity contribution in [3.63, 3.8) is 0 Å². The Morgan fingerprint density at radius 2 is 1.23 bits per heavy atom. The van der Waals surface area contributed by atoms with Crippen LogP contribution in [0.4, 0.5) is 0 Å². The number of rotatable bonds is 9. The number of ether oxygens (including phenoxy) is 2. The van der Waals surface area contributed by atoms with Gasteiger partial charge in [-0.1, -0.05) is 36.4 Å². The molecule has 0 bridgehead atoms. The molecule has 0 unspecified atom stereocenters. The molecular formula is C31H31IN4O4. The van der Waals surface area contributed by atoms with Gasteiger partial charge in [-0.05, 0) is 92.2 Å². The third-order valence-electron chi connectivity index (χ3n) is 6.79. The highest BCUT2D eigenvalue weighted by molar-refractivity contribution is 14.1. The Kier molecular flexibility index (Phi) is 8.02. The van der Waals surface area contributed by atoms with Crippen LogP contribution in [0.25, 0.3) is 11.4 Å². The Balaban J connectivity index is 1.81. The summed E-state index contributed by atoms with van der Waals surface area (Å²) < 4.78 is 15.8. The van der Waals surface area contributed by atoms with Crippen molar-refractivity contribution in [1.29, 1.82) is 0 Å². The molecule has 5 aromatic rings. The number of nitrogens with one attached hydrogen (secondary N) is 2. The first-order valence-corrected chi connectivity index (χ1v) is 14.3. The molecular weight excluding hydrogens is 619 g/mol. The summed E-state index contributed by atoms with van der Waals surface area (Å²) in [6.07, 6.45) is 0. The zero-order valence-corrected chi connectivity index (χ0v) is 25.0. The van der Waals surface area contributed by atoms with Gasteiger partial charge >= 0.3 is 0 Å². The minimum atomic E-state index is -0.675. The van der Waals surface area contributed by atoms with Crippen molar-refractivity contribution >= 4 is 22.6 Å².